The van der Waals surface area contributed by atoms with Crippen molar-refractivity contribution in [3.8, 4) is 11.4 Å². The molecular weight excluding hydrogens is 260 g/mol. The third-order valence-electron chi connectivity index (χ3n) is 3.28. The molecule has 2 aromatic heterocycles. The van der Waals surface area contributed by atoms with Gasteiger partial charge in [-0.3, -0.25) is 4.98 Å². The summed E-state index contributed by atoms with van der Waals surface area (Å²) in [5.41, 5.74) is 2.75. The molecule has 3 aromatic rings. The molecule has 96 valence electrons. The normalized spacial score (nSPS) is 11.2. The predicted octanol–water partition coefficient (Wildman–Crippen LogP) is 3.30. The quantitative estimate of drug-likeness (QED) is 0.683. The number of hydrogen-bond acceptors (Lipinski definition) is 3. The fourth-order valence-corrected chi connectivity index (χ4v) is 2.33. The lowest BCUT2D eigenvalue weighted by Gasteiger charge is -2.08. The molecule has 0 saturated heterocycles. The van der Waals surface area contributed by atoms with Crippen LogP contribution < -0.4 is 0 Å². The molecule has 0 atom stereocenters. The molecule has 0 unspecified atom stereocenters. The average molecular weight is 273 g/mol. The first-order valence-electron chi connectivity index (χ1n) is 6.00. The maximum Gasteiger partial charge on any atom is 0.164 e. The summed E-state index contributed by atoms with van der Waals surface area (Å²) in [5, 5.41) is 9.98. The molecule has 1 aromatic carbocycles. The van der Waals surface area contributed by atoms with Gasteiger partial charge in [0.05, 0.1) is 10.5 Å². The van der Waals surface area contributed by atoms with Crippen molar-refractivity contribution in [3.05, 3.63) is 40.8 Å². The number of benzene rings is 1. The van der Waals surface area contributed by atoms with Crippen molar-refractivity contribution < 1.29 is 0 Å². The van der Waals surface area contributed by atoms with Gasteiger partial charge in [-0.05, 0) is 32.0 Å². The van der Waals surface area contributed by atoms with Crippen LogP contribution >= 0.6 is 11.6 Å². The fraction of sp³-hybridized carbons (Fsp3) is 0.214. The van der Waals surface area contributed by atoms with E-state index in [-0.39, 0.29) is 0 Å². The highest BCUT2D eigenvalue weighted by Gasteiger charge is 2.13. The fourth-order valence-electron chi connectivity index (χ4n) is 2.12. The minimum Gasteiger partial charge on any atom is -0.314 e. The number of pyridine rings is 1. The maximum atomic E-state index is 6.23. The third-order valence-corrected chi connectivity index (χ3v) is 3.59. The molecule has 3 rings (SSSR count). The Morgan fingerprint density at radius 1 is 1.05 bits per heavy atom. The molecule has 0 fully saturated rings. The van der Waals surface area contributed by atoms with Crippen molar-refractivity contribution in [1.29, 1.82) is 0 Å². The van der Waals surface area contributed by atoms with Crippen molar-refractivity contribution in [2.45, 2.75) is 13.8 Å². The molecule has 0 amide bonds. The maximum absolute atomic E-state index is 6.23. The van der Waals surface area contributed by atoms with Crippen LogP contribution in [0.4, 0.5) is 0 Å². The first kappa shape index (κ1) is 12.1. The van der Waals surface area contributed by atoms with Crippen LogP contribution in [0.25, 0.3) is 22.3 Å². The smallest absolute Gasteiger partial charge is 0.164 e. The first-order valence-corrected chi connectivity index (χ1v) is 6.38. The van der Waals surface area contributed by atoms with E-state index in [1.54, 1.807) is 0 Å². The van der Waals surface area contributed by atoms with E-state index in [0.717, 1.165) is 33.8 Å². The lowest BCUT2D eigenvalue weighted by atomic mass is 10.1. The summed E-state index contributed by atoms with van der Waals surface area (Å²) in [6.07, 6.45) is 0. The second-order valence-electron chi connectivity index (χ2n) is 4.57. The molecule has 0 bridgehead atoms. The van der Waals surface area contributed by atoms with E-state index in [2.05, 4.69) is 15.2 Å². The van der Waals surface area contributed by atoms with Gasteiger partial charge < -0.3 is 4.57 Å². The summed E-state index contributed by atoms with van der Waals surface area (Å²) < 4.78 is 1.96. The van der Waals surface area contributed by atoms with Crippen molar-refractivity contribution in [1.82, 2.24) is 19.7 Å². The number of rotatable bonds is 1. The standard InChI is InChI=1S/C14H13ClN4/c1-8-4-5-10-11(6-7-12(15)13(10)16-8)14-18-17-9(2)19(14)3/h4-7H,1-3H3. The lowest BCUT2D eigenvalue weighted by Crippen LogP contribution is -1.96. The number of hydrogen-bond donors (Lipinski definition) is 0. The molecule has 0 radical (unpaired) electrons. The first-order chi connectivity index (χ1) is 9.08. The van der Waals surface area contributed by atoms with E-state index < -0.39 is 0 Å². The van der Waals surface area contributed by atoms with Crippen LogP contribution in [0.1, 0.15) is 11.5 Å². The third kappa shape index (κ3) is 1.88. The summed E-state index contributed by atoms with van der Waals surface area (Å²) >= 11 is 6.23. The van der Waals surface area contributed by atoms with Gasteiger partial charge in [-0.2, -0.15) is 0 Å². The average Bonchev–Trinajstić information content (AvgIpc) is 2.72. The van der Waals surface area contributed by atoms with Gasteiger partial charge in [0.1, 0.15) is 5.82 Å². The van der Waals surface area contributed by atoms with E-state index in [1.165, 1.54) is 0 Å². The van der Waals surface area contributed by atoms with Gasteiger partial charge in [-0.25, -0.2) is 0 Å². The molecule has 0 aliphatic heterocycles. The van der Waals surface area contributed by atoms with Crippen LogP contribution in [0.3, 0.4) is 0 Å². The topological polar surface area (TPSA) is 43.6 Å². The molecule has 5 heteroatoms. The number of halogens is 1. The van der Waals surface area contributed by atoms with Gasteiger partial charge in [-0.15, -0.1) is 10.2 Å². The zero-order chi connectivity index (χ0) is 13.6. The molecule has 19 heavy (non-hydrogen) atoms. The second-order valence-corrected chi connectivity index (χ2v) is 4.98. The van der Waals surface area contributed by atoms with Crippen LogP contribution in [-0.2, 0) is 7.05 Å². The molecule has 4 nitrogen and oxygen atoms in total. The van der Waals surface area contributed by atoms with Crippen LogP contribution in [0, 0.1) is 13.8 Å². The second kappa shape index (κ2) is 4.31. The van der Waals surface area contributed by atoms with Gasteiger partial charge in [-0.1, -0.05) is 17.7 Å². The van der Waals surface area contributed by atoms with Crippen LogP contribution in [0.2, 0.25) is 5.02 Å². The van der Waals surface area contributed by atoms with Gasteiger partial charge in [0.2, 0.25) is 0 Å². The highest BCUT2D eigenvalue weighted by Crippen LogP contribution is 2.31. The molecule has 0 spiro atoms. The summed E-state index contributed by atoms with van der Waals surface area (Å²) in [7, 11) is 1.95. The SMILES string of the molecule is Cc1ccc2c(-c3nnc(C)n3C)ccc(Cl)c2n1. The van der Waals surface area contributed by atoms with Crippen molar-refractivity contribution in [2.75, 3.05) is 0 Å². The van der Waals surface area contributed by atoms with E-state index in [1.807, 2.05) is 49.7 Å². The molecule has 0 saturated carbocycles. The van der Waals surface area contributed by atoms with Crippen molar-refractivity contribution in [3.63, 3.8) is 0 Å². The molecule has 0 aliphatic carbocycles. The van der Waals surface area contributed by atoms with Crippen LogP contribution in [-0.4, -0.2) is 19.7 Å². The zero-order valence-electron chi connectivity index (χ0n) is 11.0. The van der Waals surface area contributed by atoms with E-state index >= 15 is 0 Å². The number of fused-ring (bicyclic) bond motifs is 1. The Labute approximate surface area is 116 Å². The van der Waals surface area contributed by atoms with Gasteiger partial charge in [0.25, 0.3) is 0 Å². The largest absolute Gasteiger partial charge is 0.314 e. The minimum atomic E-state index is 0.654. The Balaban J connectivity index is 2.37. The Kier molecular flexibility index (Phi) is 2.75. The molecule has 0 N–H and O–H groups in total. The van der Waals surface area contributed by atoms with E-state index in [4.69, 9.17) is 11.6 Å². The summed E-state index contributed by atoms with van der Waals surface area (Å²) in [4.78, 5) is 4.51. The van der Waals surface area contributed by atoms with Gasteiger partial charge >= 0.3 is 0 Å². The summed E-state index contributed by atoms with van der Waals surface area (Å²) in [6.45, 7) is 3.88. The number of aryl methyl sites for hydroxylation is 2. The van der Waals surface area contributed by atoms with Crippen molar-refractivity contribution in [2.24, 2.45) is 7.05 Å². The molecule has 2 heterocycles. The predicted molar refractivity (Wildman–Crippen MR) is 76.2 cm³/mol. The molecular formula is C14H13ClN4. The minimum absolute atomic E-state index is 0.654. The van der Waals surface area contributed by atoms with Crippen LogP contribution in [0.15, 0.2) is 24.3 Å². The summed E-state index contributed by atoms with van der Waals surface area (Å²) in [5.74, 6) is 1.70. The van der Waals surface area contributed by atoms with Crippen molar-refractivity contribution >= 4 is 22.5 Å². The Hall–Kier alpha value is -1.94. The van der Waals surface area contributed by atoms with Crippen LogP contribution in [0.5, 0.6) is 0 Å². The summed E-state index contributed by atoms with van der Waals surface area (Å²) in [6, 6.07) is 7.83. The lowest BCUT2D eigenvalue weighted by molar-refractivity contribution is 0.865. The Morgan fingerprint density at radius 2 is 1.84 bits per heavy atom. The van der Waals surface area contributed by atoms with E-state index in [0.29, 0.717) is 5.02 Å². The van der Waals surface area contributed by atoms with Gasteiger partial charge in [0, 0.05) is 23.7 Å². The number of aromatic nitrogens is 4. The highest BCUT2D eigenvalue weighted by atomic mass is 35.5. The highest BCUT2D eigenvalue weighted by molar-refractivity contribution is 6.35. The van der Waals surface area contributed by atoms with Gasteiger partial charge in [0.15, 0.2) is 5.82 Å². The Morgan fingerprint density at radius 3 is 2.53 bits per heavy atom. The monoisotopic (exact) mass is 272 g/mol. The number of nitrogens with zero attached hydrogens (tertiary/aromatic N) is 4. The zero-order valence-corrected chi connectivity index (χ0v) is 11.7. The van der Waals surface area contributed by atoms with E-state index in [9.17, 15) is 0 Å². The Bertz CT molecular complexity index is 776. The molecule has 0 aliphatic rings.